The normalized spacial score (nSPS) is 10.2. The van der Waals surface area contributed by atoms with Crippen LogP contribution in [-0.2, 0) is 0 Å². The first-order valence-corrected chi connectivity index (χ1v) is 5.37. The minimum atomic E-state index is -0.136. The van der Waals surface area contributed by atoms with E-state index in [0.29, 0.717) is 25.2 Å². The molecule has 16 heavy (non-hydrogen) atoms. The molecule has 0 saturated carbocycles. The van der Waals surface area contributed by atoms with E-state index in [9.17, 15) is 4.79 Å². The van der Waals surface area contributed by atoms with Crippen LogP contribution in [0, 0.1) is 6.92 Å². The number of aryl methyl sites for hydroxylation is 1. The number of aliphatic hydroxyl groups excluding tert-OH is 1. The average molecular weight is 223 g/mol. The van der Waals surface area contributed by atoms with Gasteiger partial charge >= 0.3 is 0 Å². The topological polar surface area (TPSA) is 66.3 Å². The summed E-state index contributed by atoms with van der Waals surface area (Å²) in [4.78, 5) is 21.7. The number of aromatic nitrogens is 2. The van der Waals surface area contributed by atoms with E-state index in [1.807, 2.05) is 13.8 Å². The van der Waals surface area contributed by atoms with Crippen LogP contribution in [0.2, 0.25) is 0 Å². The van der Waals surface area contributed by atoms with Crippen LogP contribution >= 0.6 is 0 Å². The predicted molar refractivity (Wildman–Crippen MR) is 60.0 cm³/mol. The standard InChI is InChI=1S/C11H17N3O2/c1-3-14(5-4-6-15)11(16)10-8-12-9(2)7-13-10/h7-8,15H,3-6H2,1-2H3. The summed E-state index contributed by atoms with van der Waals surface area (Å²) in [6.45, 7) is 4.96. The van der Waals surface area contributed by atoms with Crippen LogP contribution in [0.4, 0.5) is 0 Å². The van der Waals surface area contributed by atoms with Crippen molar-refractivity contribution in [2.45, 2.75) is 20.3 Å². The summed E-state index contributed by atoms with van der Waals surface area (Å²) < 4.78 is 0. The van der Waals surface area contributed by atoms with Crippen LogP contribution in [0.15, 0.2) is 12.4 Å². The van der Waals surface area contributed by atoms with Gasteiger partial charge in [0.15, 0.2) is 0 Å². The van der Waals surface area contributed by atoms with E-state index in [4.69, 9.17) is 5.11 Å². The van der Waals surface area contributed by atoms with Gasteiger partial charge in [0.2, 0.25) is 0 Å². The Hall–Kier alpha value is -1.49. The molecule has 1 aromatic heterocycles. The van der Waals surface area contributed by atoms with Crippen LogP contribution in [0.5, 0.6) is 0 Å². The lowest BCUT2D eigenvalue weighted by Gasteiger charge is -2.19. The second-order valence-corrected chi connectivity index (χ2v) is 3.51. The van der Waals surface area contributed by atoms with Gasteiger partial charge in [0.25, 0.3) is 5.91 Å². The van der Waals surface area contributed by atoms with Gasteiger partial charge in [0.05, 0.1) is 11.9 Å². The highest BCUT2D eigenvalue weighted by Gasteiger charge is 2.14. The molecule has 0 fully saturated rings. The Morgan fingerprint density at radius 2 is 2.19 bits per heavy atom. The Bertz CT molecular complexity index is 338. The number of hydrogen-bond donors (Lipinski definition) is 1. The molecule has 0 aromatic carbocycles. The van der Waals surface area contributed by atoms with E-state index in [0.717, 1.165) is 5.69 Å². The van der Waals surface area contributed by atoms with Crippen molar-refractivity contribution in [2.75, 3.05) is 19.7 Å². The van der Waals surface area contributed by atoms with Crippen molar-refractivity contribution < 1.29 is 9.90 Å². The number of amides is 1. The molecule has 0 radical (unpaired) electrons. The van der Waals surface area contributed by atoms with E-state index in [2.05, 4.69) is 9.97 Å². The van der Waals surface area contributed by atoms with Gasteiger partial charge < -0.3 is 10.0 Å². The maximum Gasteiger partial charge on any atom is 0.274 e. The molecule has 0 atom stereocenters. The van der Waals surface area contributed by atoms with Crippen LogP contribution in [0.3, 0.4) is 0 Å². The molecule has 0 spiro atoms. The average Bonchev–Trinajstić information content (AvgIpc) is 2.30. The van der Waals surface area contributed by atoms with E-state index >= 15 is 0 Å². The summed E-state index contributed by atoms with van der Waals surface area (Å²) in [6, 6.07) is 0. The van der Waals surface area contributed by atoms with E-state index < -0.39 is 0 Å². The highest BCUT2D eigenvalue weighted by atomic mass is 16.3. The largest absolute Gasteiger partial charge is 0.396 e. The summed E-state index contributed by atoms with van der Waals surface area (Å²) in [5.41, 5.74) is 1.14. The maximum absolute atomic E-state index is 11.9. The maximum atomic E-state index is 11.9. The molecule has 1 aromatic rings. The number of carbonyl (C=O) groups excluding carboxylic acids is 1. The molecule has 1 rings (SSSR count). The molecule has 5 heteroatoms. The van der Waals surface area contributed by atoms with Gasteiger partial charge in [0, 0.05) is 25.9 Å². The number of carbonyl (C=O) groups is 1. The number of aliphatic hydroxyl groups is 1. The van der Waals surface area contributed by atoms with Gasteiger partial charge in [0.1, 0.15) is 5.69 Å². The molecule has 0 saturated heterocycles. The van der Waals surface area contributed by atoms with E-state index in [-0.39, 0.29) is 12.5 Å². The molecule has 1 heterocycles. The first kappa shape index (κ1) is 12.6. The van der Waals surface area contributed by atoms with Gasteiger partial charge in [-0.3, -0.25) is 9.78 Å². The minimum Gasteiger partial charge on any atom is -0.396 e. The molecule has 5 nitrogen and oxygen atoms in total. The molecule has 1 amide bonds. The molecule has 1 N–H and O–H groups in total. The molecule has 88 valence electrons. The molecule has 0 unspecified atom stereocenters. The summed E-state index contributed by atoms with van der Waals surface area (Å²) in [5.74, 6) is -0.136. The zero-order valence-electron chi connectivity index (χ0n) is 9.68. The third kappa shape index (κ3) is 3.27. The highest BCUT2D eigenvalue weighted by molar-refractivity contribution is 5.91. The van der Waals surface area contributed by atoms with Crippen molar-refractivity contribution in [1.29, 1.82) is 0 Å². The fraction of sp³-hybridized carbons (Fsp3) is 0.545. The van der Waals surface area contributed by atoms with Crippen molar-refractivity contribution in [2.24, 2.45) is 0 Å². The quantitative estimate of drug-likeness (QED) is 0.795. The summed E-state index contributed by atoms with van der Waals surface area (Å²) >= 11 is 0. The van der Waals surface area contributed by atoms with Crippen molar-refractivity contribution in [3.63, 3.8) is 0 Å². The van der Waals surface area contributed by atoms with Crippen molar-refractivity contribution in [3.8, 4) is 0 Å². The number of hydrogen-bond acceptors (Lipinski definition) is 4. The Kier molecular flexibility index (Phi) is 4.85. The SMILES string of the molecule is CCN(CCCO)C(=O)c1cnc(C)cn1. The van der Waals surface area contributed by atoms with Gasteiger partial charge in [-0.15, -0.1) is 0 Å². The van der Waals surface area contributed by atoms with Gasteiger partial charge in [-0.1, -0.05) is 0 Å². The molecule has 0 aliphatic rings. The van der Waals surface area contributed by atoms with Crippen LogP contribution in [-0.4, -0.2) is 45.6 Å². The predicted octanol–water partition coefficient (Wildman–Crippen LogP) is 0.630. The van der Waals surface area contributed by atoms with Crippen LogP contribution in [0.1, 0.15) is 29.5 Å². The second kappa shape index (κ2) is 6.17. The van der Waals surface area contributed by atoms with Gasteiger partial charge in [-0.05, 0) is 20.3 Å². The Morgan fingerprint density at radius 3 is 2.69 bits per heavy atom. The van der Waals surface area contributed by atoms with Gasteiger partial charge in [-0.25, -0.2) is 4.98 Å². The molecular formula is C11H17N3O2. The van der Waals surface area contributed by atoms with E-state index in [1.54, 1.807) is 11.1 Å². The van der Waals surface area contributed by atoms with Crippen LogP contribution in [0.25, 0.3) is 0 Å². The zero-order valence-corrected chi connectivity index (χ0v) is 9.68. The molecule has 0 bridgehead atoms. The number of rotatable bonds is 5. The molecule has 0 aliphatic carbocycles. The lowest BCUT2D eigenvalue weighted by molar-refractivity contribution is 0.0748. The third-order valence-corrected chi connectivity index (χ3v) is 2.26. The fourth-order valence-electron chi connectivity index (χ4n) is 1.33. The molecular weight excluding hydrogens is 206 g/mol. The first-order valence-electron chi connectivity index (χ1n) is 5.37. The zero-order chi connectivity index (χ0) is 12.0. The summed E-state index contributed by atoms with van der Waals surface area (Å²) in [6.07, 6.45) is 3.64. The highest BCUT2D eigenvalue weighted by Crippen LogP contribution is 2.02. The van der Waals surface area contributed by atoms with Crippen molar-refractivity contribution >= 4 is 5.91 Å². The Balaban J connectivity index is 2.70. The van der Waals surface area contributed by atoms with Crippen molar-refractivity contribution in [3.05, 3.63) is 23.8 Å². The lowest BCUT2D eigenvalue weighted by atomic mass is 10.3. The van der Waals surface area contributed by atoms with Gasteiger partial charge in [-0.2, -0.15) is 0 Å². The minimum absolute atomic E-state index is 0.0867. The van der Waals surface area contributed by atoms with Crippen LogP contribution < -0.4 is 0 Å². The smallest absolute Gasteiger partial charge is 0.274 e. The Labute approximate surface area is 95.1 Å². The monoisotopic (exact) mass is 223 g/mol. The summed E-state index contributed by atoms with van der Waals surface area (Å²) in [7, 11) is 0. The first-order chi connectivity index (χ1) is 7.69. The molecule has 0 aliphatic heterocycles. The van der Waals surface area contributed by atoms with Crippen molar-refractivity contribution in [1.82, 2.24) is 14.9 Å². The Morgan fingerprint density at radius 1 is 1.44 bits per heavy atom. The number of nitrogens with zero attached hydrogens (tertiary/aromatic N) is 3. The van der Waals surface area contributed by atoms with E-state index in [1.165, 1.54) is 6.20 Å². The third-order valence-electron chi connectivity index (χ3n) is 2.26. The lowest BCUT2D eigenvalue weighted by Crippen LogP contribution is -2.32. The second-order valence-electron chi connectivity index (χ2n) is 3.51. The fourth-order valence-corrected chi connectivity index (χ4v) is 1.33. The summed E-state index contributed by atoms with van der Waals surface area (Å²) in [5, 5.41) is 8.73.